The van der Waals surface area contributed by atoms with Crippen molar-refractivity contribution in [3.63, 3.8) is 0 Å². The molecule has 8 heteroatoms. The molecule has 7 nitrogen and oxygen atoms in total. The Morgan fingerprint density at radius 3 is 1.86 bits per heavy atom. The quantitative estimate of drug-likeness (QED) is 0.312. The highest BCUT2D eigenvalue weighted by molar-refractivity contribution is 7.17. The lowest BCUT2D eigenvalue weighted by Gasteiger charge is -2.38. The van der Waals surface area contributed by atoms with Crippen molar-refractivity contribution in [2.75, 3.05) is 33.3 Å². The first kappa shape index (κ1) is 23.7. The van der Waals surface area contributed by atoms with E-state index >= 15 is 0 Å². The molecule has 2 aromatic heterocycles. The number of quaternary nitrogens is 2. The molecular formula is C29H31N5O2S+2. The lowest BCUT2D eigenvalue weighted by Crippen LogP contribution is -3.28. The highest BCUT2D eigenvalue weighted by atomic mass is 32.1. The molecule has 1 aliphatic rings. The lowest BCUT2D eigenvalue weighted by atomic mass is 9.96. The van der Waals surface area contributed by atoms with Crippen LogP contribution in [0.5, 0.6) is 11.6 Å². The van der Waals surface area contributed by atoms with Crippen LogP contribution in [0.2, 0.25) is 0 Å². The van der Waals surface area contributed by atoms with E-state index in [1.54, 1.807) is 12.0 Å². The number of aromatic nitrogens is 3. The van der Waals surface area contributed by atoms with Gasteiger partial charge in [0.05, 0.1) is 7.11 Å². The molecule has 0 saturated carbocycles. The number of methoxy groups -OCH3 is 1. The van der Waals surface area contributed by atoms with Gasteiger partial charge in [0.1, 0.15) is 49.2 Å². The molecular weight excluding hydrogens is 482 g/mol. The Kier molecular flexibility index (Phi) is 6.61. The second-order valence-corrected chi connectivity index (χ2v) is 10.5. The molecule has 5 aromatic rings. The van der Waals surface area contributed by atoms with E-state index in [9.17, 15) is 5.11 Å². The third-order valence-electron chi connectivity index (χ3n) is 7.47. The number of aromatic hydroxyl groups is 1. The molecule has 1 aliphatic heterocycles. The fraction of sp³-hybridized carbons (Fsp3) is 0.241. The summed E-state index contributed by atoms with van der Waals surface area (Å²) in [6, 6.07) is 30.2. The normalized spacial score (nSPS) is 18.8. The van der Waals surface area contributed by atoms with Gasteiger partial charge in [-0.1, -0.05) is 72.0 Å². The van der Waals surface area contributed by atoms with Gasteiger partial charge in [-0.25, -0.2) is 4.98 Å². The Bertz CT molecular complexity index is 1410. The Balaban J connectivity index is 1.31. The fourth-order valence-corrected chi connectivity index (χ4v) is 6.79. The molecule has 0 aliphatic carbocycles. The number of nitrogens with zero attached hydrogens (tertiary/aromatic N) is 3. The first-order valence-electron chi connectivity index (χ1n) is 12.7. The molecule has 3 N–H and O–H groups in total. The first-order valence-corrected chi connectivity index (χ1v) is 13.5. The van der Waals surface area contributed by atoms with Crippen LogP contribution in [-0.2, 0) is 0 Å². The number of piperazine rings is 1. The van der Waals surface area contributed by atoms with E-state index in [1.165, 1.54) is 38.2 Å². The maximum atomic E-state index is 11.1. The molecule has 0 radical (unpaired) electrons. The van der Waals surface area contributed by atoms with Crippen LogP contribution in [0.15, 0.2) is 91.3 Å². The van der Waals surface area contributed by atoms with Gasteiger partial charge in [-0.15, -0.1) is 0 Å². The van der Waals surface area contributed by atoms with Crippen molar-refractivity contribution in [1.29, 1.82) is 0 Å². The highest BCUT2D eigenvalue weighted by Crippen LogP contribution is 2.35. The number of rotatable bonds is 7. The Hall–Kier alpha value is -3.72. The summed E-state index contributed by atoms with van der Waals surface area (Å²) in [6.45, 7) is 4.01. The first-order chi connectivity index (χ1) is 18.2. The highest BCUT2D eigenvalue weighted by Gasteiger charge is 2.38. The molecule has 0 bridgehead atoms. The zero-order valence-electron chi connectivity index (χ0n) is 20.7. The zero-order valence-corrected chi connectivity index (χ0v) is 21.6. The summed E-state index contributed by atoms with van der Waals surface area (Å²) in [5.74, 6) is 1.01. The average molecular weight is 514 g/mol. The third kappa shape index (κ3) is 4.59. The van der Waals surface area contributed by atoms with Crippen molar-refractivity contribution in [2.24, 2.45) is 0 Å². The summed E-state index contributed by atoms with van der Waals surface area (Å²) < 4.78 is 6.94. The van der Waals surface area contributed by atoms with Crippen LogP contribution >= 0.6 is 11.3 Å². The third-order valence-corrected chi connectivity index (χ3v) is 8.57. The average Bonchev–Trinajstić information content (AvgIpc) is 3.54. The number of hydrogen-bond donors (Lipinski definition) is 3. The van der Waals surface area contributed by atoms with E-state index < -0.39 is 0 Å². The monoisotopic (exact) mass is 513 g/mol. The number of hydrogen-bond acceptors (Lipinski definition) is 5. The number of ether oxygens (including phenoxy) is 1. The van der Waals surface area contributed by atoms with Crippen molar-refractivity contribution in [3.05, 3.63) is 113 Å². The molecule has 6 rings (SSSR count). The summed E-state index contributed by atoms with van der Waals surface area (Å²) >= 11 is 1.52. The molecule has 1 fully saturated rings. The van der Waals surface area contributed by atoms with Gasteiger partial charge in [-0.2, -0.15) is 9.61 Å². The van der Waals surface area contributed by atoms with Gasteiger partial charge >= 0.3 is 0 Å². The van der Waals surface area contributed by atoms with Gasteiger partial charge in [-0.3, -0.25) is 0 Å². The van der Waals surface area contributed by atoms with Gasteiger partial charge < -0.3 is 19.6 Å². The van der Waals surface area contributed by atoms with Gasteiger partial charge in [0.2, 0.25) is 10.8 Å². The summed E-state index contributed by atoms with van der Waals surface area (Å²) in [5.41, 5.74) is 3.85. The molecule has 0 amide bonds. The van der Waals surface area contributed by atoms with E-state index in [2.05, 4.69) is 82.9 Å². The van der Waals surface area contributed by atoms with Crippen LogP contribution in [0.3, 0.4) is 0 Å². The van der Waals surface area contributed by atoms with E-state index in [-0.39, 0.29) is 11.9 Å². The van der Waals surface area contributed by atoms with Crippen molar-refractivity contribution < 1.29 is 19.6 Å². The largest absolute Gasteiger partial charge is 0.497 e. The Labute approximate surface area is 220 Å². The summed E-state index contributed by atoms with van der Waals surface area (Å²) in [5, 5.41) is 15.3. The predicted octanol–water partition coefficient (Wildman–Crippen LogP) is 2.17. The van der Waals surface area contributed by atoms with Gasteiger partial charge in [0.15, 0.2) is 6.04 Å². The molecule has 0 unspecified atom stereocenters. The van der Waals surface area contributed by atoms with Crippen LogP contribution in [0, 0.1) is 0 Å². The second-order valence-electron chi connectivity index (χ2n) is 9.52. The van der Waals surface area contributed by atoms with Crippen LogP contribution in [0.4, 0.5) is 0 Å². The number of thiazole rings is 1. The zero-order chi connectivity index (χ0) is 25.2. The van der Waals surface area contributed by atoms with Crippen molar-refractivity contribution in [1.82, 2.24) is 14.6 Å². The summed E-state index contributed by atoms with van der Waals surface area (Å²) in [7, 11) is 1.68. The van der Waals surface area contributed by atoms with Crippen LogP contribution in [0.25, 0.3) is 4.96 Å². The van der Waals surface area contributed by atoms with Crippen molar-refractivity contribution in [2.45, 2.75) is 12.1 Å². The lowest BCUT2D eigenvalue weighted by molar-refractivity contribution is -1.03. The molecule has 0 spiro atoms. The molecule has 3 heterocycles. The van der Waals surface area contributed by atoms with Crippen molar-refractivity contribution in [3.8, 4) is 11.6 Å². The standard InChI is InChI=1S/C29H29N5O2S/c1-36-24-14-12-23(13-15-24)26(27-28(35)34-29(37-27)30-20-31-34)33-18-16-32(17-19-33)25(21-8-4-2-5-9-21)22-10-6-3-7-11-22/h2-15,20,25-26,35H,16-19H2,1H3/p+2/t26-/m1/s1. The van der Waals surface area contributed by atoms with Crippen molar-refractivity contribution >= 4 is 16.3 Å². The van der Waals surface area contributed by atoms with E-state index in [1.807, 2.05) is 12.1 Å². The fourth-order valence-electron chi connectivity index (χ4n) is 5.68. The smallest absolute Gasteiger partial charge is 0.235 e. The van der Waals surface area contributed by atoms with E-state index in [0.29, 0.717) is 11.0 Å². The SMILES string of the molecule is COc1ccc([C@H](c2sc3ncnn3c2O)[NH+]2CC[NH+](C(c3ccccc3)c3ccccc3)CC2)cc1. The summed E-state index contributed by atoms with van der Waals surface area (Å²) in [6.07, 6.45) is 1.49. The molecule has 188 valence electrons. The number of benzene rings is 3. The Morgan fingerprint density at radius 2 is 1.32 bits per heavy atom. The predicted molar refractivity (Wildman–Crippen MR) is 143 cm³/mol. The Morgan fingerprint density at radius 1 is 0.784 bits per heavy atom. The number of fused-ring (bicyclic) bond motifs is 1. The van der Waals surface area contributed by atoms with E-state index in [0.717, 1.165) is 42.4 Å². The van der Waals surface area contributed by atoms with Crippen LogP contribution in [0.1, 0.15) is 33.7 Å². The summed E-state index contributed by atoms with van der Waals surface area (Å²) in [4.78, 5) is 8.95. The maximum absolute atomic E-state index is 11.1. The molecule has 1 atom stereocenters. The minimum absolute atomic E-state index is 0.00661. The number of nitrogens with one attached hydrogen (secondary N) is 2. The minimum Gasteiger partial charge on any atom is -0.497 e. The van der Waals surface area contributed by atoms with Gasteiger partial charge in [0.25, 0.3) is 0 Å². The molecule has 1 saturated heterocycles. The van der Waals surface area contributed by atoms with Gasteiger partial charge in [0, 0.05) is 16.7 Å². The topological polar surface area (TPSA) is 68.5 Å². The van der Waals surface area contributed by atoms with Crippen LogP contribution < -0.4 is 14.5 Å². The molecule has 3 aromatic carbocycles. The second kappa shape index (κ2) is 10.3. The minimum atomic E-state index is -0.00661. The van der Waals surface area contributed by atoms with E-state index in [4.69, 9.17) is 4.74 Å². The maximum Gasteiger partial charge on any atom is 0.235 e. The molecule has 37 heavy (non-hydrogen) atoms. The van der Waals surface area contributed by atoms with Crippen LogP contribution in [-0.4, -0.2) is 53.0 Å². The van der Waals surface area contributed by atoms with Gasteiger partial charge in [-0.05, 0) is 24.3 Å².